The predicted molar refractivity (Wildman–Crippen MR) is 84.6 cm³/mol. The summed E-state index contributed by atoms with van der Waals surface area (Å²) in [6.45, 7) is 2.16. The van der Waals surface area contributed by atoms with E-state index in [1.54, 1.807) is 0 Å². The first-order valence-corrected chi connectivity index (χ1v) is 7.71. The molecule has 0 aliphatic heterocycles. The number of anilines is 1. The highest BCUT2D eigenvalue weighted by Crippen LogP contribution is 2.16. The zero-order valence-corrected chi connectivity index (χ0v) is 13.1. The molecule has 0 spiro atoms. The monoisotopic (exact) mass is 335 g/mol. The molecule has 1 N–H and O–H groups in total. The third-order valence-corrected chi connectivity index (χ3v) is 3.48. The summed E-state index contributed by atoms with van der Waals surface area (Å²) in [6, 6.07) is 7.53. The Morgan fingerprint density at radius 3 is 2.75 bits per heavy atom. The third kappa shape index (κ3) is 4.27. The zero-order valence-electron chi connectivity index (χ0n) is 11.5. The molecule has 2 heterocycles. The van der Waals surface area contributed by atoms with Crippen LogP contribution in [0.1, 0.15) is 39.0 Å². The molecule has 0 saturated heterocycles. The summed E-state index contributed by atoms with van der Waals surface area (Å²) in [7, 11) is 0. The van der Waals surface area contributed by atoms with Crippen LogP contribution in [0.2, 0.25) is 0 Å². The number of carbonyl (C=O) groups is 1. The lowest BCUT2D eigenvalue weighted by Gasteiger charge is -2.05. The Balaban J connectivity index is 1.97. The van der Waals surface area contributed by atoms with Crippen LogP contribution in [0.4, 0.5) is 5.82 Å². The molecule has 0 saturated carbocycles. The molecule has 2 rings (SSSR count). The van der Waals surface area contributed by atoms with Crippen LogP contribution in [0, 0.1) is 0 Å². The summed E-state index contributed by atoms with van der Waals surface area (Å²) in [5.74, 6) is 0.576. The number of fused-ring (bicyclic) bond motifs is 1. The average molecular weight is 336 g/mol. The number of aromatic nitrogens is 2. The van der Waals surface area contributed by atoms with Crippen LogP contribution in [-0.2, 0) is 4.79 Å². The number of amides is 1. The molecular weight excluding hydrogens is 318 g/mol. The van der Waals surface area contributed by atoms with Gasteiger partial charge < -0.3 is 5.32 Å². The molecule has 0 fully saturated rings. The Labute approximate surface area is 127 Å². The van der Waals surface area contributed by atoms with Crippen molar-refractivity contribution in [3.8, 4) is 0 Å². The van der Waals surface area contributed by atoms with E-state index in [1.165, 1.54) is 12.8 Å². The highest BCUT2D eigenvalue weighted by atomic mass is 79.9. The highest BCUT2D eigenvalue weighted by Gasteiger charge is 2.05. The maximum Gasteiger partial charge on any atom is 0.225 e. The maximum atomic E-state index is 11.8. The van der Waals surface area contributed by atoms with E-state index in [-0.39, 0.29) is 5.91 Å². The van der Waals surface area contributed by atoms with Crippen molar-refractivity contribution in [1.82, 2.24) is 9.97 Å². The number of carbonyl (C=O) groups excluding carboxylic acids is 1. The normalized spacial score (nSPS) is 10.7. The van der Waals surface area contributed by atoms with Gasteiger partial charge in [0.1, 0.15) is 10.4 Å². The topological polar surface area (TPSA) is 54.9 Å². The molecular formula is C15H18BrN3O. The van der Waals surface area contributed by atoms with Crippen molar-refractivity contribution >= 4 is 38.7 Å². The van der Waals surface area contributed by atoms with Crippen molar-refractivity contribution in [2.75, 3.05) is 5.32 Å². The molecule has 0 aliphatic rings. The molecule has 2 aromatic heterocycles. The Bertz CT molecular complexity index is 601. The van der Waals surface area contributed by atoms with Gasteiger partial charge in [-0.05, 0) is 46.6 Å². The lowest BCUT2D eigenvalue weighted by molar-refractivity contribution is -0.116. The SMILES string of the molecule is CCCCCCC(=O)Nc1ccc2ccc(Br)nc2n1. The molecule has 0 radical (unpaired) electrons. The van der Waals surface area contributed by atoms with Crippen molar-refractivity contribution in [2.45, 2.75) is 39.0 Å². The standard InChI is InChI=1S/C15H18BrN3O/c1-2-3-4-5-6-14(20)18-13-10-8-11-7-9-12(16)17-15(11)19-13/h7-10H,2-6H2,1H3,(H,17,18,19,20). The van der Waals surface area contributed by atoms with Gasteiger partial charge >= 0.3 is 0 Å². The average Bonchev–Trinajstić information content (AvgIpc) is 2.43. The quantitative estimate of drug-likeness (QED) is 0.632. The molecule has 0 aliphatic carbocycles. The van der Waals surface area contributed by atoms with Crippen molar-refractivity contribution in [2.24, 2.45) is 0 Å². The molecule has 0 aromatic carbocycles. The number of pyridine rings is 2. The second kappa shape index (κ2) is 7.33. The van der Waals surface area contributed by atoms with Gasteiger partial charge in [-0.3, -0.25) is 4.79 Å². The van der Waals surface area contributed by atoms with Gasteiger partial charge in [0.2, 0.25) is 5.91 Å². The summed E-state index contributed by atoms with van der Waals surface area (Å²) in [5, 5.41) is 3.78. The van der Waals surface area contributed by atoms with Crippen LogP contribution in [0.3, 0.4) is 0 Å². The molecule has 5 heteroatoms. The Morgan fingerprint density at radius 1 is 1.15 bits per heavy atom. The fourth-order valence-corrected chi connectivity index (χ4v) is 2.26. The van der Waals surface area contributed by atoms with Crippen LogP contribution < -0.4 is 5.32 Å². The molecule has 0 unspecified atom stereocenters. The second-order valence-corrected chi connectivity index (χ2v) is 5.55. The molecule has 0 bridgehead atoms. The lowest BCUT2D eigenvalue weighted by atomic mass is 10.1. The van der Waals surface area contributed by atoms with Crippen LogP contribution >= 0.6 is 15.9 Å². The number of rotatable bonds is 6. The fourth-order valence-electron chi connectivity index (χ4n) is 1.96. The van der Waals surface area contributed by atoms with Crippen molar-refractivity contribution in [3.05, 3.63) is 28.9 Å². The van der Waals surface area contributed by atoms with Gasteiger partial charge in [-0.1, -0.05) is 26.2 Å². The minimum atomic E-state index is 0.0166. The van der Waals surface area contributed by atoms with E-state index in [0.29, 0.717) is 17.9 Å². The van der Waals surface area contributed by atoms with Crippen molar-refractivity contribution in [3.63, 3.8) is 0 Å². The minimum absolute atomic E-state index is 0.0166. The lowest BCUT2D eigenvalue weighted by Crippen LogP contribution is -2.12. The number of hydrogen-bond acceptors (Lipinski definition) is 3. The second-order valence-electron chi connectivity index (χ2n) is 4.74. The van der Waals surface area contributed by atoms with Crippen LogP contribution in [-0.4, -0.2) is 15.9 Å². The number of hydrogen-bond donors (Lipinski definition) is 1. The summed E-state index contributed by atoms with van der Waals surface area (Å²) < 4.78 is 0.737. The van der Waals surface area contributed by atoms with Crippen LogP contribution in [0.15, 0.2) is 28.9 Å². The molecule has 4 nitrogen and oxygen atoms in total. The first-order chi connectivity index (χ1) is 9.69. The molecule has 2 aromatic rings. The van der Waals surface area contributed by atoms with E-state index in [1.807, 2.05) is 24.3 Å². The summed E-state index contributed by atoms with van der Waals surface area (Å²) in [5.41, 5.74) is 0.628. The van der Waals surface area contributed by atoms with Gasteiger partial charge in [0.25, 0.3) is 0 Å². The smallest absolute Gasteiger partial charge is 0.225 e. The summed E-state index contributed by atoms with van der Waals surface area (Å²) >= 11 is 3.32. The van der Waals surface area contributed by atoms with Crippen LogP contribution in [0.5, 0.6) is 0 Å². The van der Waals surface area contributed by atoms with E-state index in [0.717, 1.165) is 22.8 Å². The zero-order chi connectivity index (χ0) is 14.4. The third-order valence-electron chi connectivity index (χ3n) is 3.04. The highest BCUT2D eigenvalue weighted by molar-refractivity contribution is 9.10. The van der Waals surface area contributed by atoms with Gasteiger partial charge in [-0.15, -0.1) is 0 Å². The maximum absolute atomic E-state index is 11.8. The Hall–Kier alpha value is -1.49. The number of halogens is 1. The molecule has 106 valence electrons. The van der Waals surface area contributed by atoms with E-state index in [9.17, 15) is 4.79 Å². The van der Waals surface area contributed by atoms with E-state index in [4.69, 9.17) is 0 Å². The first kappa shape index (κ1) is 14.9. The predicted octanol–water partition coefficient (Wildman–Crippen LogP) is 4.30. The van der Waals surface area contributed by atoms with Crippen molar-refractivity contribution < 1.29 is 4.79 Å². The Kier molecular flexibility index (Phi) is 5.47. The molecule has 1 amide bonds. The van der Waals surface area contributed by atoms with E-state index in [2.05, 4.69) is 38.1 Å². The van der Waals surface area contributed by atoms with Gasteiger partial charge in [-0.2, -0.15) is 0 Å². The Morgan fingerprint density at radius 2 is 1.95 bits per heavy atom. The van der Waals surface area contributed by atoms with Crippen molar-refractivity contribution in [1.29, 1.82) is 0 Å². The number of unbranched alkanes of at least 4 members (excludes halogenated alkanes) is 3. The largest absolute Gasteiger partial charge is 0.311 e. The van der Waals surface area contributed by atoms with Crippen LogP contribution in [0.25, 0.3) is 11.0 Å². The minimum Gasteiger partial charge on any atom is -0.311 e. The first-order valence-electron chi connectivity index (χ1n) is 6.92. The van der Waals surface area contributed by atoms with Gasteiger partial charge in [0.15, 0.2) is 5.65 Å². The van der Waals surface area contributed by atoms with E-state index < -0.39 is 0 Å². The van der Waals surface area contributed by atoms with Gasteiger partial charge in [0, 0.05) is 11.8 Å². The summed E-state index contributed by atoms with van der Waals surface area (Å²) in [4.78, 5) is 20.4. The fraction of sp³-hybridized carbons (Fsp3) is 0.400. The van der Waals surface area contributed by atoms with E-state index >= 15 is 0 Å². The number of nitrogens with one attached hydrogen (secondary N) is 1. The summed E-state index contributed by atoms with van der Waals surface area (Å²) in [6.07, 6.45) is 4.93. The molecule has 0 atom stereocenters. The number of nitrogens with zero attached hydrogens (tertiary/aromatic N) is 2. The van der Waals surface area contributed by atoms with Gasteiger partial charge in [-0.25, -0.2) is 9.97 Å². The van der Waals surface area contributed by atoms with Gasteiger partial charge in [0.05, 0.1) is 0 Å². The molecule has 20 heavy (non-hydrogen) atoms.